The minimum atomic E-state index is -1.03. The van der Waals surface area contributed by atoms with Crippen molar-refractivity contribution in [3.63, 3.8) is 0 Å². The van der Waals surface area contributed by atoms with E-state index in [4.69, 9.17) is 9.47 Å². The first-order valence-corrected chi connectivity index (χ1v) is 13.7. The number of aliphatic hydroxyl groups is 1. The molecule has 1 amide bonds. The Kier molecular flexibility index (Phi) is 8.07. The first-order valence-electron chi connectivity index (χ1n) is 12.9. The Morgan fingerprint density at radius 3 is 2.39 bits per heavy atom. The summed E-state index contributed by atoms with van der Waals surface area (Å²) in [6.07, 6.45) is 2.94. The number of thiazole rings is 1. The molecule has 0 saturated carbocycles. The van der Waals surface area contributed by atoms with Gasteiger partial charge < -0.3 is 14.6 Å². The Balaban J connectivity index is 1.58. The smallest absolute Gasteiger partial charge is 0.350 e. The quantitative estimate of drug-likeness (QED) is 0.180. The third-order valence-electron chi connectivity index (χ3n) is 6.31. The summed E-state index contributed by atoms with van der Waals surface area (Å²) in [6.45, 7) is 3.51. The molecule has 1 unspecified atom stereocenters. The first-order chi connectivity index (χ1) is 19.9. The van der Waals surface area contributed by atoms with Crippen molar-refractivity contribution in [1.82, 2.24) is 4.98 Å². The number of aromatic nitrogens is 1. The highest BCUT2D eigenvalue weighted by Gasteiger charge is 2.45. The van der Waals surface area contributed by atoms with Gasteiger partial charge in [0.2, 0.25) is 0 Å². The van der Waals surface area contributed by atoms with Crippen LogP contribution in [-0.2, 0) is 14.3 Å². The molecule has 41 heavy (non-hydrogen) atoms. The van der Waals surface area contributed by atoms with E-state index >= 15 is 0 Å². The monoisotopic (exact) mass is 566 g/mol. The molecular formula is C32H26N2O6S. The average Bonchev–Trinajstić information content (AvgIpc) is 3.49. The fourth-order valence-corrected chi connectivity index (χ4v) is 5.43. The van der Waals surface area contributed by atoms with Crippen LogP contribution in [0, 0.1) is 6.92 Å². The number of para-hydroxylation sites is 1. The van der Waals surface area contributed by atoms with Gasteiger partial charge in [0.15, 0.2) is 16.7 Å². The Bertz CT molecular complexity index is 1660. The molecule has 0 spiro atoms. The zero-order chi connectivity index (χ0) is 28.9. The van der Waals surface area contributed by atoms with Crippen molar-refractivity contribution >= 4 is 40.2 Å². The molecule has 0 bridgehead atoms. The second-order valence-corrected chi connectivity index (χ2v) is 10.0. The van der Waals surface area contributed by atoms with Gasteiger partial charge in [-0.2, -0.15) is 0 Å². The van der Waals surface area contributed by atoms with Crippen LogP contribution in [0.1, 0.15) is 39.5 Å². The number of nitrogens with zero attached hydrogens (tertiary/aromatic N) is 2. The van der Waals surface area contributed by atoms with Gasteiger partial charge in [-0.05, 0) is 55.3 Å². The number of amides is 1. The average molecular weight is 567 g/mol. The van der Waals surface area contributed by atoms with Crippen LogP contribution in [0.4, 0.5) is 5.13 Å². The summed E-state index contributed by atoms with van der Waals surface area (Å²) in [4.78, 5) is 45.5. The van der Waals surface area contributed by atoms with E-state index in [-0.39, 0.29) is 22.2 Å². The molecule has 1 aliphatic heterocycles. The number of carbonyl (C=O) groups excluding carboxylic acids is 3. The third-order valence-corrected chi connectivity index (χ3v) is 7.44. The van der Waals surface area contributed by atoms with Gasteiger partial charge in [-0.3, -0.25) is 14.5 Å². The van der Waals surface area contributed by atoms with Crippen LogP contribution in [-0.4, -0.2) is 34.4 Å². The summed E-state index contributed by atoms with van der Waals surface area (Å²) < 4.78 is 11.1. The van der Waals surface area contributed by atoms with E-state index in [0.29, 0.717) is 22.8 Å². The molecule has 5 rings (SSSR count). The highest BCUT2D eigenvalue weighted by molar-refractivity contribution is 7.17. The van der Waals surface area contributed by atoms with Crippen LogP contribution < -0.4 is 9.64 Å². The van der Waals surface area contributed by atoms with Crippen molar-refractivity contribution in [3.8, 4) is 11.5 Å². The maximum atomic E-state index is 13.6. The molecule has 0 aliphatic carbocycles. The number of benzene rings is 3. The van der Waals surface area contributed by atoms with Crippen molar-refractivity contribution in [3.05, 3.63) is 124 Å². The Morgan fingerprint density at radius 2 is 1.68 bits per heavy atom. The van der Waals surface area contributed by atoms with Crippen molar-refractivity contribution in [2.24, 2.45) is 0 Å². The summed E-state index contributed by atoms with van der Waals surface area (Å²) in [6, 6.07) is 24.3. The zero-order valence-corrected chi connectivity index (χ0v) is 23.1. The van der Waals surface area contributed by atoms with Crippen molar-refractivity contribution in [2.75, 3.05) is 11.5 Å². The van der Waals surface area contributed by atoms with E-state index < -0.39 is 29.5 Å². The molecule has 9 heteroatoms. The van der Waals surface area contributed by atoms with E-state index in [1.807, 2.05) is 60.7 Å². The number of esters is 1. The Morgan fingerprint density at radius 1 is 1.00 bits per heavy atom. The van der Waals surface area contributed by atoms with Gasteiger partial charge in [0.1, 0.15) is 16.4 Å². The molecule has 0 fully saturated rings. The van der Waals surface area contributed by atoms with Crippen molar-refractivity contribution in [2.45, 2.75) is 19.9 Å². The van der Waals surface area contributed by atoms with Crippen LogP contribution in [0.25, 0.3) is 6.08 Å². The topological polar surface area (TPSA) is 106 Å². The lowest BCUT2D eigenvalue weighted by molar-refractivity contribution is -0.117. The van der Waals surface area contributed by atoms with Gasteiger partial charge in [0.05, 0.1) is 23.9 Å². The molecule has 206 valence electrons. The molecule has 2 heterocycles. The normalized spacial score (nSPS) is 15.0. The third kappa shape index (κ3) is 5.80. The van der Waals surface area contributed by atoms with E-state index in [0.717, 1.165) is 16.9 Å². The highest BCUT2D eigenvalue weighted by atomic mass is 32.1. The van der Waals surface area contributed by atoms with E-state index in [1.54, 1.807) is 44.2 Å². The minimum absolute atomic E-state index is 0.107. The number of carbonyl (C=O) groups is 3. The molecule has 8 nitrogen and oxygen atoms in total. The molecular weight excluding hydrogens is 540 g/mol. The maximum absolute atomic E-state index is 13.6. The first kappa shape index (κ1) is 27.5. The fraction of sp³-hybridized carbons (Fsp3) is 0.125. The van der Waals surface area contributed by atoms with E-state index in [9.17, 15) is 19.5 Å². The highest BCUT2D eigenvalue weighted by Crippen LogP contribution is 2.44. The van der Waals surface area contributed by atoms with E-state index in [2.05, 4.69) is 4.98 Å². The standard InChI is InChI=1S/C32H26N2O6S/c1-3-39-31(38)29-20(2)33-32(41-29)34-27(22-13-10-16-24(19-22)40-23-14-8-5-9-15-23)26(28(36)30(34)37)25(35)18-17-21-11-6-4-7-12-21/h4-19,27,36H,3H2,1-2H3. The number of allylic oxidation sites excluding steroid dienone is 1. The molecule has 1 N–H and O–H groups in total. The van der Waals surface area contributed by atoms with E-state index in [1.165, 1.54) is 11.0 Å². The maximum Gasteiger partial charge on any atom is 0.350 e. The Labute approximate surface area is 240 Å². The zero-order valence-electron chi connectivity index (χ0n) is 22.3. The van der Waals surface area contributed by atoms with Gasteiger partial charge in [-0.15, -0.1) is 0 Å². The number of ether oxygens (including phenoxy) is 2. The molecule has 0 radical (unpaired) electrons. The van der Waals surface area contributed by atoms with Crippen molar-refractivity contribution < 1.29 is 29.0 Å². The number of hydrogen-bond donors (Lipinski definition) is 1. The fourth-order valence-electron chi connectivity index (χ4n) is 4.44. The second-order valence-electron chi connectivity index (χ2n) is 9.07. The van der Waals surface area contributed by atoms with Crippen LogP contribution in [0.15, 0.2) is 102 Å². The number of anilines is 1. The molecule has 1 aromatic heterocycles. The molecule has 1 aliphatic rings. The number of ketones is 1. The largest absolute Gasteiger partial charge is 0.503 e. The van der Waals surface area contributed by atoms with Gasteiger partial charge in [-0.25, -0.2) is 9.78 Å². The predicted molar refractivity (Wildman–Crippen MR) is 156 cm³/mol. The summed E-state index contributed by atoms with van der Waals surface area (Å²) >= 11 is 0.961. The number of aliphatic hydroxyl groups excluding tert-OH is 1. The van der Waals surface area contributed by atoms with Crippen LogP contribution in [0.3, 0.4) is 0 Å². The summed E-state index contributed by atoms with van der Waals surface area (Å²) in [5, 5.41) is 11.2. The number of rotatable bonds is 9. The van der Waals surface area contributed by atoms with Crippen LogP contribution in [0.5, 0.6) is 11.5 Å². The summed E-state index contributed by atoms with van der Waals surface area (Å²) in [7, 11) is 0. The molecule has 4 aromatic rings. The molecule has 0 saturated heterocycles. The minimum Gasteiger partial charge on any atom is -0.503 e. The summed E-state index contributed by atoms with van der Waals surface area (Å²) in [5.41, 5.74) is 1.56. The number of aryl methyl sites for hydroxylation is 1. The summed E-state index contributed by atoms with van der Waals surface area (Å²) in [5.74, 6) is -1.50. The molecule has 3 aromatic carbocycles. The Hall–Kier alpha value is -5.02. The van der Waals surface area contributed by atoms with Crippen LogP contribution in [0.2, 0.25) is 0 Å². The SMILES string of the molecule is CCOC(=O)c1sc(N2C(=O)C(O)=C(C(=O)C=Cc3ccccc3)C2c2cccc(Oc3ccccc3)c2)nc1C. The van der Waals surface area contributed by atoms with Crippen molar-refractivity contribution in [1.29, 1.82) is 0 Å². The molecule has 1 atom stereocenters. The lowest BCUT2D eigenvalue weighted by Crippen LogP contribution is -2.30. The van der Waals surface area contributed by atoms with Gasteiger partial charge in [-0.1, -0.05) is 78.1 Å². The van der Waals surface area contributed by atoms with Gasteiger partial charge in [0.25, 0.3) is 5.91 Å². The van der Waals surface area contributed by atoms with Gasteiger partial charge in [0, 0.05) is 0 Å². The lowest BCUT2D eigenvalue weighted by Gasteiger charge is -2.24. The predicted octanol–water partition coefficient (Wildman–Crippen LogP) is 6.60. The lowest BCUT2D eigenvalue weighted by atomic mass is 9.95. The second kappa shape index (κ2) is 12.0. The van der Waals surface area contributed by atoms with Gasteiger partial charge >= 0.3 is 5.97 Å². The number of hydrogen-bond acceptors (Lipinski definition) is 8. The van der Waals surface area contributed by atoms with Crippen LogP contribution >= 0.6 is 11.3 Å².